The molecule has 4 rings (SSSR count). The number of methoxy groups -OCH3 is 2. The fourth-order valence-corrected chi connectivity index (χ4v) is 4.50. The van der Waals surface area contributed by atoms with Crippen LogP contribution in [0.25, 0.3) is 0 Å². The number of aryl methyl sites for hydroxylation is 2. The molecule has 1 atom stereocenters. The smallest absolute Gasteiger partial charge is 0.243 e. The van der Waals surface area contributed by atoms with Crippen molar-refractivity contribution in [1.82, 2.24) is 5.48 Å². The van der Waals surface area contributed by atoms with Crippen LogP contribution < -0.4 is 25.2 Å². The number of phenols is 1. The minimum atomic E-state index is -0.408. The highest BCUT2D eigenvalue weighted by molar-refractivity contribution is 5.78. The van der Waals surface area contributed by atoms with E-state index < -0.39 is 5.91 Å². The van der Waals surface area contributed by atoms with Gasteiger partial charge in [-0.3, -0.25) is 10.0 Å². The number of anilines is 2. The molecule has 8 nitrogen and oxygen atoms in total. The number of hydrogen-bond acceptors (Lipinski definition) is 7. The summed E-state index contributed by atoms with van der Waals surface area (Å²) in [7, 11) is 3.05. The van der Waals surface area contributed by atoms with Crippen molar-refractivity contribution >= 4 is 17.3 Å². The third-order valence-electron chi connectivity index (χ3n) is 6.26. The molecule has 1 unspecified atom stereocenters. The lowest BCUT2D eigenvalue weighted by Crippen LogP contribution is -2.35. The number of amides is 1. The van der Waals surface area contributed by atoms with Crippen LogP contribution in [-0.2, 0) is 24.2 Å². The monoisotopic (exact) mass is 477 g/mol. The summed E-state index contributed by atoms with van der Waals surface area (Å²) in [4.78, 5) is 13.7. The molecule has 184 valence electrons. The topological polar surface area (TPSA) is 103 Å². The van der Waals surface area contributed by atoms with E-state index in [0.717, 1.165) is 35.3 Å². The molecule has 8 heteroatoms. The van der Waals surface area contributed by atoms with E-state index in [9.17, 15) is 9.90 Å². The lowest BCUT2D eigenvalue weighted by atomic mass is 10.1. The Morgan fingerprint density at radius 2 is 1.80 bits per heavy atom. The van der Waals surface area contributed by atoms with Crippen molar-refractivity contribution in [2.24, 2.45) is 0 Å². The van der Waals surface area contributed by atoms with Crippen molar-refractivity contribution in [2.75, 3.05) is 24.4 Å². The van der Waals surface area contributed by atoms with Crippen LogP contribution in [0.1, 0.15) is 29.5 Å². The zero-order valence-corrected chi connectivity index (χ0v) is 20.0. The molecule has 0 aromatic heterocycles. The van der Waals surface area contributed by atoms with Gasteiger partial charge in [0, 0.05) is 13.0 Å². The number of nitrogens with zero attached hydrogens (tertiary/aromatic N) is 1. The van der Waals surface area contributed by atoms with Gasteiger partial charge in [-0.05, 0) is 60.2 Å². The van der Waals surface area contributed by atoms with Gasteiger partial charge < -0.3 is 24.8 Å². The molecule has 0 fully saturated rings. The fourth-order valence-electron chi connectivity index (χ4n) is 4.50. The van der Waals surface area contributed by atoms with E-state index in [2.05, 4.69) is 34.5 Å². The number of phenolic OH excluding ortho intramolecular Hbond substituents is 1. The van der Waals surface area contributed by atoms with Gasteiger partial charge in [-0.15, -0.1) is 0 Å². The first kappa shape index (κ1) is 24.2. The van der Waals surface area contributed by atoms with Gasteiger partial charge in [0.05, 0.1) is 31.8 Å². The van der Waals surface area contributed by atoms with Crippen molar-refractivity contribution in [1.29, 1.82) is 0 Å². The van der Waals surface area contributed by atoms with Crippen molar-refractivity contribution in [3.8, 4) is 17.2 Å². The Kier molecular flexibility index (Phi) is 7.62. The molecular weight excluding hydrogens is 446 g/mol. The van der Waals surface area contributed by atoms with Gasteiger partial charge in [-0.25, -0.2) is 5.48 Å². The van der Waals surface area contributed by atoms with Gasteiger partial charge in [0.1, 0.15) is 0 Å². The molecule has 1 amide bonds. The molecule has 0 saturated heterocycles. The SMILES string of the molecule is COc1cc(CN2c3ccc(CCC(=O)NO)cc3NC2CCc2ccccc2)cc(O)c1OC. The Labute approximate surface area is 205 Å². The predicted octanol–water partition coefficient (Wildman–Crippen LogP) is 4.24. The molecular formula is C27H31N3O5. The molecule has 0 spiro atoms. The van der Waals surface area contributed by atoms with E-state index in [1.165, 1.54) is 12.7 Å². The van der Waals surface area contributed by atoms with Crippen LogP contribution in [0.3, 0.4) is 0 Å². The Hall–Kier alpha value is -3.91. The standard InChI is InChI=1S/C27H31N3O5/c1-34-24-16-20(15-23(31)27(24)35-2)17-30-22-11-8-19(10-13-26(32)29-33)14-21(22)28-25(30)12-9-18-6-4-3-5-7-18/h3-8,11,14-16,25,28,31,33H,9-10,12-13,17H2,1-2H3,(H,29,32). The Balaban J connectivity index is 1.59. The number of hydroxylamine groups is 1. The number of aromatic hydroxyl groups is 1. The number of rotatable bonds is 10. The summed E-state index contributed by atoms with van der Waals surface area (Å²) in [6.07, 6.45) is 2.56. The first-order valence-corrected chi connectivity index (χ1v) is 11.6. The molecule has 0 bridgehead atoms. The maximum atomic E-state index is 11.4. The summed E-state index contributed by atoms with van der Waals surface area (Å²) in [6.45, 7) is 0.555. The molecule has 1 aliphatic rings. The Bertz CT molecular complexity index is 1170. The highest BCUT2D eigenvalue weighted by Crippen LogP contribution is 2.41. The van der Waals surface area contributed by atoms with Gasteiger partial charge in [0.15, 0.2) is 11.5 Å². The van der Waals surface area contributed by atoms with Crippen LogP contribution in [0.5, 0.6) is 17.2 Å². The Morgan fingerprint density at radius 3 is 2.51 bits per heavy atom. The van der Waals surface area contributed by atoms with Crippen LogP contribution in [0, 0.1) is 0 Å². The molecule has 0 aliphatic carbocycles. The number of fused-ring (bicyclic) bond motifs is 1. The van der Waals surface area contributed by atoms with Crippen molar-refractivity contribution in [3.63, 3.8) is 0 Å². The Morgan fingerprint density at radius 1 is 1.00 bits per heavy atom. The number of benzene rings is 3. The summed E-state index contributed by atoms with van der Waals surface area (Å²) in [5.41, 5.74) is 6.89. The van der Waals surface area contributed by atoms with Crippen molar-refractivity contribution < 1.29 is 24.6 Å². The summed E-state index contributed by atoms with van der Waals surface area (Å²) >= 11 is 0. The third kappa shape index (κ3) is 5.60. The average Bonchev–Trinajstić information content (AvgIpc) is 3.22. The molecule has 35 heavy (non-hydrogen) atoms. The quantitative estimate of drug-likeness (QED) is 0.256. The number of hydrogen-bond donors (Lipinski definition) is 4. The van der Waals surface area contributed by atoms with Crippen LogP contribution in [-0.4, -0.2) is 36.6 Å². The van der Waals surface area contributed by atoms with E-state index in [1.54, 1.807) is 18.7 Å². The highest BCUT2D eigenvalue weighted by Gasteiger charge is 2.29. The molecule has 1 heterocycles. The van der Waals surface area contributed by atoms with Crippen LogP contribution in [0.15, 0.2) is 60.7 Å². The zero-order chi connectivity index (χ0) is 24.8. The summed E-state index contributed by atoms with van der Waals surface area (Å²) in [6, 6.07) is 20.1. The van der Waals surface area contributed by atoms with Crippen LogP contribution >= 0.6 is 0 Å². The van der Waals surface area contributed by atoms with Crippen LogP contribution in [0.4, 0.5) is 11.4 Å². The fraction of sp³-hybridized carbons (Fsp3) is 0.296. The molecule has 1 aliphatic heterocycles. The van der Waals surface area contributed by atoms with Crippen molar-refractivity contribution in [3.05, 3.63) is 77.4 Å². The normalized spacial score (nSPS) is 14.3. The van der Waals surface area contributed by atoms with E-state index in [-0.39, 0.29) is 18.3 Å². The molecule has 0 saturated carbocycles. The zero-order valence-electron chi connectivity index (χ0n) is 20.0. The number of ether oxygens (including phenoxy) is 2. The number of carbonyl (C=O) groups is 1. The minimum absolute atomic E-state index is 0.0348. The lowest BCUT2D eigenvalue weighted by molar-refractivity contribution is -0.129. The van der Waals surface area contributed by atoms with E-state index in [4.69, 9.17) is 14.7 Å². The third-order valence-corrected chi connectivity index (χ3v) is 6.26. The van der Waals surface area contributed by atoms with E-state index in [0.29, 0.717) is 24.5 Å². The summed E-state index contributed by atoms with van der Waals surface area (Å²) < 4.78 is 10.7. The molecule has 0 radical (unpaired) electrons. The maximum absolute atomic E-state index is 11.4. The van der Waals surface area contributed by atoms with Gasteiger partial charge in [0.2, 0.25) is 11.7 Å². The molecule has 3 aromatic rings. The van der Waals surface area contributed by atoms with E-state index >= 15 is 0 Å². The number of carbonyl (C=O) groups excluding carboxylic acids is 1. The van der Waals surface area contributed by atoms with Crippen LogP contribution in [0.2, 0.25) is 0 Å². The summed E-state index contributed by atoms with van der Waals surface area (Å²) in [5.74, 6) is 0.420. The maximum Gasteiger partial charge on any atom is 0.243 e. The minimum Gasteiger partial charge on any atom is -0.504 e. The first-order valence-electron chi connectivity index (χ1n) is 11.6. The van der Waals surface area contributed by atoms with Crippen molar-refractivity contribution in [2.45, 2.75) is 38.4 Å². The number of nitrogens with one attached hydrogen (secondary N) is 2. The second-order valence-corrected chi connectivity index (χ2v) is 8.55. The molecule has 4 N–H and O–H groups in total. The van der Waals surface area contributed by atoms with Gasteiger partial charge in [-0.2, -0.15) is 0 Å². The highest BCUT2D eigenvalue weighted by atomic mass is 16.5. The van der Waals surface area contributed by atoms with Gasteiger partial charge in [-0.1, -0.05) is 36.4 Å². The second-order valence-electron chi connectivity index (χ2n) is 8.55. The van der Waals surface area contributed by atoms with E-state index in [1.807, 2.05) is 30.3 Å². The predicted molar refractivity (Wildman–Crippen MR) is 134 cm³/mol. The summed E-state index contributed by atoms with van der Waals surface area (Å²) in [5, 5.41) is 22.9. The lowest BCUT2D eigenvalue weighted by Gasteiger charge is -2.27. The van der Waals surface area contributed by atoms with Gasteiger partial charge in [0.25, 0.3) is 0 Å². The van der Waals surface area contributed by atoms with Gasteiger partial charge >= 0.3 is 0 Å². The molecule has 3 aromatic carbocycles. The average molecular weight is 478 g/mol. The largest absolute Gasteiger partial charge is 0.504 e. The second kappa shape index (κ2) is 11.0. The first-order chi connectivity index (χ1) is 17.0.